The number of hydrogen-bond donors (Lipinski definition) is 1. The molecule has 1 heterocycles. The maximum absolute atomic E-state index is 6.33. The zero-order valence-corrected chi connectivity index (χ0v) is 15.2. The highest BCUT2D eigenvalue weighted by molar-refractivity contribution is 9.11. The lowest BCUT2D eigenvalue weighted by Crippen LogP contribution is -2.32. The monoisotopic (exact) mass is 417 g/mol. The lowest BCUT2D eigenvalue weighted by atomic mass is 9.83. The zero-order valence-electron chi connectivity index (χ0n) is 12.0. The van der Waals surface area contributed by atoms with Crippen LogP contribution < -0.4 is 10.5 Å². The third-order valence-corrected chi connectivity index (χ3v) is 5.72. The summed E-state index contributed by atoms with van der Waals surface area (Å²) in [6.45, 7) is 0.600. The van der Waals surface area contributed by atoms with Crippen LogP contribution in [0.1, 0.15) is 44.9 Å². The second-order valence-corrected chi connectivity index (χ2v) is 7.86. The Hall–Kier alpha value is -0.260. The van der Waals surface area contributed by atoms with Crippen molar-refractivity contribution in [1.82, 2.24) is 0 Å². The van der Waals surface area contributed by atoms with Gasteiger partial charge in [-0.05, 0) is 69.7 Å². The van der Waals surface area contributed by atoms with Crippen LogP contribution in [0.3, 0.4) is 0 Å². The Morgan fingerprint density at radius 3 is 2.48 bits per heavy atom. The van der Waals surface area contributed by atoms with E-state index in [1.54, 1.807) is 0 Å². The number of anilines is 1. The van der Waals surface area contributed by atoms with Crippen LogP contribution in [-0.4, -0.2) is 18.3 Å². The predicted octanol–water partition coefficient (Wildman–Crippen LogP) is 5.05. The van der Waals surface area contributed by atoms with Crippen molar-refractivity contribution in [2.24, 2.45) is 0 Å². The summed E-state index contributed by atoms with van der Waals surface area (Å²) in [6.07, 6.45) is 8.91. The Labute approximate surface area is 142 Å². The SMILES string of the molecule is Nc1cc(Br)c(OCC2CCC3(CCCCC3)O2)c(Br)c1. The van der Waals surface area contributed by atoms with E-state index in [1.165, 1.54) is 38.5 Å². The number of benzene rings is 1. The molecule has 0 bridgehead atoms. The minimum Gasteiger partial charge on any atom is -0.489 e. The summed E-state index contributed by atoms with van der Waals surface area (Å²) >= 11 is 7.00. The molecule has 1 saturated carbocycles. The number of rotatable bonds is 3. The van der Waals surface area contributed by atoms with Crippen LogP contribution >= 0.6 is 31.9 Å². The van der Waals surface area contributed by atoms with Crippen LogP contribution in [0.2, 0.25) is 0 Å². The van der Waals surface area contributed by atoms with Gasteiger partial charge in [-0.15, -0.1) is 0 Å². The van der Waals surface area contributed by atoms with Crippen LogP contribution in [0.4, 0.5) is 5.69 Å². The topological polar surface area (TPSA) is 44.5 Å². The normalized spacial score (nSPS) is 24.4. The first-order valence-electron chi connectivity index (χ1n) is 7.63. The molecule has 1 spiro atoms. The van der Waals surface area contributed by atoms with E-state index in [9.17, 15) is 0 Å². The first-order chi connectivity index (χ1) is 10.1. The first-order valence-corrected chi connectivity index (χ1v) is 9.22. The average molecular weight is 419 g/mol. The lowest BCUT2D eigenvalue weighted by molar-refractivity contribution is -0.0749. The van der Waals surface area contributed by atoms with Gasteiger partial charge < -0.3 is 15.2 Å². The standard InChI is InChI=1S/C16H21Br2NO2/c17-13-8-11(19)9-14(18)15(13)20-10-12-4-7-16(21-12)5-2-1-3-6-16/h8-9,12H,1-7,10,19H2. The lowest BCUT2D eigenvalue weighted by Gasteiger charge is -2.33. The van der Waals surface area contributed by atoms with Crippen molar-refractivity contribution in [3.05, 3.63) is 21.1 Å². The van der Waals surface area contributed by atoms with Crippen LogP contribution in [0.5, 0.6) is 5.75 Å². The summed E-state index contributed by atoms with van der Waals surface area (Å²) in [7, 11) is 0. The van der Waals surface area contributed by atoms with Crippen molar-refractivity contribution in [1.29, 1.82) is 0 Å². The van der Waals surface area contributed by atoms with Crippen LogP contribution in [0, 0.1) is 0 Å². The van der Waals surface area contributed by atoms with Crippen LogP contribution in [-0.2, 0) is 4.74 Å². The third kappa shape index (κ3) is 3.57. The number of nitrogen functional groups attached to an aromatic ring is 1. The Bertz CT molecular complexity index is 492. The molecule has 1 aromatic rings. The van der Waals surface area contributed by atoms with Gasteiger partial charge in [-0.25, -0.2) is 0 Å². The van der Waals surface area contributed by atoms with Crippen molar-refractivity contribution in [3.8, 4) is 5.75 Å². The summed E-state index contributed by atoms with van der Waals surface area (Å²) in [6, 6.07) is 3.72. The van der Waals surface area contributed by atoms with E-state index in [0.717, 1.165) is 21.1 Å². The Morgan fingerprint density at radius 1 is 1.14 bits per heavy atom. The Balaban J connectivity index is 1.59. The van der Waals surface area contributed by atoms with Crippen molar-refractivity contribution in [2.45, 2.75) is 56.7 Å². The van der Waals surface area contributed by atoms with E-state index in [1.807, 2.05) is 12.1 Å². The molecule has 1 aromatic carbocycles. The molecule has 2 fully saturated rings. The molecule has 2 N–H and O–H groups in total. The van der Waals surface area contributed by atoms with E-state index in [-0.39, 0.29) is 11.7 Å². The van der Waals surface area contributed by atoms with E-state index < -0.39 is 0 Å². The fourth-order valence-corrected chi connectivity index (χ4v) is 4.92. The average Bonchev–Trinajstić information content (AvgIpc) is 2.81. The highest BCUT2D eigenvalue weighted by Crippen LogP contribution is 2.42. The molecule has 0 radical (unpaired) electrons. The minimum absolute atomic E-state index is 0.155. The van der Waals surface area contributed by atoms with Crippen molar-refractivity contribution in [2.75, 3.05) is 12.3 Å². The van der Waals surface area contributed by atoms with Crippen molar-refractivity contribution in [3.63, 3.8) is 0 Å². The fraction of sp³-hybridized carbons (Fsp3) is 0.625. The van der Waals surface area contributed by atoms with Gasteiger partial charge in [0.2, 0.25) is 0 Å². The van der Waals surface area contributed by atoms with Gasteiger partial charge in [0.25, 0.3) is 0 Å². The molecule has 116 valence electrons. The summed E-state index contributed by atoms with van der Waals surface area (Å²) in [5.41, 5.74) is 6.66. The molecule has 0 aromatic heterocycles. The third-order valence-electron chi connectivity index (χ3n) is 4.54. The van der Waals surface area contributed by atoms with Gasteiger partial charge in [-0.3, -0.25) is 0 Å². The van der Waals surface area contributed by atoms with Gasteiger partial charge >= 0.3 is 0 Å². The largest absolute Gasteiger partial charge is 0.489 e. The molecule has 1 atom stereocenters. The van der Waals surface area contributed by atoms with Crippen molar-refractivity contribution >= 4 is 37.5 Å². The fourth-order valence-electron chi connectivity index (χ4n) is 3.47. The van der Waals surface area contributed by atoms with Gasteiger partial charge in [0.15, 0.2) is 0 Å². The minimum atomic E-state index is 0.155. The van der Waals surface area contributed by atoms with E-state index in [0.29, 0.717) is 12.3 Å². The molecular weight excluding hydrogens is 398 g/mol. The smallest absolute Gasteiger partial charge is 0.147 e. The Morgan fingerprint density at radius 2 is 1.81 bits per heavy atom. The van der Waals surface area contributed by atoms with Crippen molar-refractivity contribution < 1.29 is 9.47 Å². The quantitative estimate of drug-likeness (QED) is 0.698. The summed E-state index contributed by atoms with van der Waals surface area (Å²) in [5, 5.41) is 0. The zero-order chi connectivity index (χ0) is 14.9. The van der Waals surface area contributed by atoms with Crippen LogP contribution in [0.15, 0.2) is 21.1 Å². The van der Waals surface area contributed by atoms with Gasteiger partial charge in [-0.2, -0.15) is 0 Å². The van der Waals surface area contributed by atoms with Gasteiger partial charge in [0, 0.05) is 5.69 Å². The number of hydrogen-bond acceptors (Lipinski definition) is 3. The highest BCUT2D eigenvalue weighted by Gasteiger charge is 2.41. The van der Waals surface area contributed by atoms with Gasteiger partial charge in [-0.1, -0.05) is 19.3 Å². The molecule has 2 aliphatic rings. The van der Waals surface area contributed by atoms with Gasteiger partial charge in [0.05, 0.1) is 20.7 Å². The highest BCUT2D eigenvalue weighted by atomic mass is 79.9. The maximum atomic E-state index is 6.33. The van der Waals surface area contributed by atoms with E-state index in [2.05, 4.69) is 31.9 Å². The first kappa shape index (κ1) is 15.6. The second-order valence-electron chi connectivity index (χ2n) is 6.15. The summed E-state index contributed by atoms with van der Waals surface area (Å²) in [5.74, 6) is 0.803. The molecule has 1 aliphatic heterocycles. The summed E-state index contributed by atoms with van der Waals surface area (Å²) in [4.78, 5) is 0. The summed E-state index contributed by atoms with van der Waals surface area (Å²) < 4.78 is 14.1. The molecule has 3 nitrogen and oxygen atoms in total. The van der Waals surface area contributed by atoms with Gasteiger partial charge in [0.1, 0.15) is 12.4 Å². The maximum Gasteiger partial charge on any atom is 0.147 e. The molecule has 1 saturated heterocycles. The molecule has 5 heteroatoms. The molecule has 1 unspecified atom stereocenters. The number of ether oxygens (including phenoxy) is 2. The molecule has 1 aliphatic carbocycles. The Kier molecular flexibility index (Phi) is 4.81. The van der Waals surface area contributed by atoms with E-state index >= 15 is 0 Å². The molecule has 0 amide bonds. The van der Waals surface area contributed by atoms with Crippen LogP contribution in [0.25, 0.3) is 0 Å². The number of nitrogens with two attached hydrogens (primary N) is 1. The van der Waals surface area contributed by atoms with E-state index in [4.69, 9.17) is 15.2 Å². The molecule has 3 rings (SSSR count). The number of halogens is 2. The predicted molar refractivity (Wildman–Crippen MR) is 91.7 cm³/mol. The second kappa shape index (κ2) is 6.47. The molecule has 21 heavy (non-hydrogen) atoms. The molecular formula is C16H21Br2NO2.